The highest BCUT2D eigenvalue weighted by atomic mass is 32.2. The summed E-state index contributed by atoms with van der Waals surface area (Å²) < 4.78 is 42.9. The van der Waals surface area contributed by atoms with Gasteiger partial charge in [0.05, 0.1) is 25.7 Å². The predicted molar refractivity (Wildman–Crippen MR) is 64.7 cm³/mol. The minimum absolute atomic E-state index is 0.0357. The standard InChI is InChI=1S/C12H13F3O3S/c1-18-11(17)4-5-19-10-3-2-8(7-16)6-9(10)12(13,14)15/h2-3,6,16H,4-5,7H2,1H3. The highest BCUT2D eigenvalue weighted by molar-refractivity contribution is 7.99. The quantitative estimate of drug-likeness (QED) is 0.670. The van der Waals surface area contributed by atoms with Crippen LogP contribution in [0.1, 0.15) is 17.5 Å². The maximum atomic E-state index is 12.8. The van der Waals surface area contributed by atoms with Gasteiger partial charge in [-0.1, -0.05) is 6.07 Å². The van der Waals surface area contributed by atoms with E-state index in [0.29, 0.717) is 0 Å². The highest BCUT2D eigenvalue weighted by Crippen LogP contribution is 2.37. The number of aliphatic hydroxyl groups is 1. The molecule has 106 valence electrons. The molecule has 0 bridgehead atoms. The monoisotopic (exact) mass is 294 g/mol. The first kappa shape index (κ1) is 15.8. The average molecular weight is 294 g/mol. The van der Waals surface area contributed by atoms with Crippen molar-refractivity contribution in [2.75, 3.05) is 12.9 Å². The summed E-state index contributed by atoms with van der Waals surface area (Å²) in [5.74, 6) is -0.262. The van der Waals surface area contributed by atoms with Gasteiger partial charge in [-0.25, -0.2) is 0 Å². The Morgan fingerprint density at radius 2 is 2.11 bits per heavy atom. The molecule has 0 fully saturated rings. The van der Waals surface area contributed by atoms with Crippen LogP contribution in [0.5, 0.6) is 0 Å². The van der Waals surface area contributed by atoms with Crippen LogP contribution in [0, 0.1) is 0 Å². The number of ether oxygens (including phenoxy) is 1. The zero-order valence-electron chi connectivity index (χ0n) is 10.2. The Hall–Kier alpha value is -1.21. The Kier molecular flexibility index (Phi) is 5.68. The number of esters is 1. The minimum Gasteiger partial charge on any atom is -0.469 e. The molecule has 0 saturated carbocycles. The van der Waals surface area contributed by atoms with E-state index in [4.69, 9.17) is 5.11 Å². The Balaban J connectivity index is 2.85. The van der Waals surface area contributed by atoms with Gasteiger partial charge in [0.2, 0.25) is 0 Å². The lowest BCUT2D eigenvalue weighted by Gasteiger charge is -2.13. The van der Waals surface area contributed by atoms with E-state index in [1.807, 2.05) is 0 Å². The Morgan fingerprint density at radius 3 is 2.63 bits per heavy atom. The topological polar surface area (TPSA) is 46.5 Å². The van der Waals surface area contributed by atoms with Crippen molar-refractivity contribution in [1.82, 2.24) is 0 Å². The van der Waals surface area contributed by atoms with E-state index in [9.17, 15) is 18.0 Å². The molecule has 0 aromatic heterocycles. The van der Waals surface area contributed by atoms with E-state index >= 15 is 0 Å². The van der Waals surface area contributed by atoms with Gasteiger partial charge in [-0.3, -0.25) is 4.79 Å². The van der Waals surface area contributed by atoms with E-state index in [2.05, 4.69) is 4.74 Å². The number of halogens is 3. The molecule has 0 amide bonds. The Bertz CT molecular complexity index is 446. The summed E-state index contributed by atoms with van der Waals surface area (Å²) in [7, 11) is 1.23. The van der Waals surface area contributed by atoms with E-state index < -0.39 is 24.3 Å². The zero-order chi connectivity index (χ0) is 14.5. The van der Waals surface area contributed by atoms with E-state index in [1.54, 1.807) is 0 Å². The highest BCUT2D eigenvalue weighted by Gasteiger charge is 2.33. The van der Waals surface area contributed by atoms with Crippen LogP contribution in [0.2, 0.25) is 0 Å². The van der Waals surface area contributed by atoms with Gasteiger partial charge in [-0.05, 0) is 17.7 Å². The van der Waals surface area contributed by atoms with Crippen LogP contribution >= 0.6 is 11.8 Å². The molecule has 0 spiro atoms. The molecular weight excluding hydrogens is 281 g/mol. The molecular formula is C12H13F3O3S. The summed E-state index contributed by atoms with van der Waals surface area (Å²) in [6, 6.07) is 3.65. The lowest BCUT2D eigenvalue weighted by atomic mass is 10.1. The molecule has 0 heterocycles. The predicted octanol–water partition coefficient (Wildman–Crippen LogP) is 2.85. The number of rotatable bonds is 5. The van der Waals surface area contributed by atoms with E-state index in [1.165, 1.54) is 19.2 Å². The van der Waals surface area contributed by atoms with Crippen molar-refractivity contribution in [1.29, 1.82) is 0 Å². The van der Waals surface area contributed by atoms with Gasteiger partial charge in [0.15, 0.2) is 0 Å². The molecule has 1 N–H and O–H groups in total. The van der Waals surface area contributed by atoms with Gasteiger partial charge in [0.1, 0.15) is 0 Å². The molecule has 1 rings (SSSR count). The summed E-state index contributed by atoms with van der Waals surface area (Å²) in [6.45, 7) is -0.448. The number of methoxy groups -OCH3 is 1. The molecule has 0 radical (unpaired) electrons. The summed E-state index contributed by atoms with van der Waals surface area (Å²) in [5, 5.41) is 8.86. The van der Waals surface area contributed by atoms with Crippen molar-refractivity contribution in [3.05, 3.63) is 29.3 Å². The first-order valence-corrected chi connectivity index (χ1v) is 6.37. The van der Waals surface area contributed by atoms with Gasteiger partial charge >= 0.3 is 12.1 Å². The third-order valence-corrected chi connectivity index (χ3v) is 3.40. The molecule has 7 heteroatoms. The third kappa shape index (κ3) is 4.76. The SMILES string of the molecule is COC(=O)CCSc1ccc(CO)cc1C(F)(F)F. The van der Waals surface area contributed by atoms with E-state index in [-0.39, 0.29) is 22.6 Å². The molecule has 3 nitrogen and oxygen atoms in total. The van der Waals surface area contributed by atoms with Crippen LogP contribution < -0.4 is 0 Å². The van der Waals surface area contributed by atoms with Crippen molar-refractivity contribution >= 4 is 17.7 Å². The number of benzene rings is 1. The lowest BCUT2D eigenvalue weighted by molar-refractivity contribution is -0.140. The number of hydrogen-bond donors (Lipinski definition) is 1. The lowest BCUT2D eigenvalue weighted by Crippen LogP contribution is -2.08. The number of carbonyl (C=O) groups is 1. The second-order valence-electron chi connectivity index (χ2n) is 3.66. The fraction of sp³-hybridized carbons (Fsp3) is 0.417. The number of hydrogen-bond acceptors (Lipinski definition) is 4. The van der Waals surface area contributed by atoms with Crippen LogP contribution in [0.4, 0.5) is 13.2 Å². The van der Waals surface area contributed by atoms with Crippen LogP contribution in [0.15, 0.2) is 23.1 Å². The number of alkyl halides is 3. The van der Waals surface area contributed by atoms with Gasteiger partial charge < -0.3 is 9.84 Å². The summed E-state index contributed by atoms with van der Waals surface area (Å²) >= 11 is 0.934. The number of thioether (sulfide) groups is 1. The fourth-order valence-corrected chi connectivity index (χ4v) is 2.35. The van der Waals surface area contributed by atoms with Crippen LogP contribution in [0.25, 0.3) is 0 Å². The maximum Gasteiger partial charge on any atom is 0.417 e. The smallest absolute Gasteiger partial charge is 0.417 e. The second-order valence-corrected chi connectivity index (χ2v) is 4.80. The van der Waals surface area contributed by atoms with Crippen molar-refractivity contribution in [3.8, 4) is 0 Å². The largest absolute Gasteiger partial charge is 0.469 e. The first-order valence-electron chi connectivity index (χ1n) is 5.39. The molecule has 0 aliphatic carbocycles. The second kappa shape index (κ2) is 6.81. The fourth-order valence-electron chi connectivity index (χ4n) is 1.37. The normalized spacial score (nSPS) is 11.4. The van der Waals surface area contributed by atoms with Crippen LogP contribution in [-0.2, 0) is 22.3 Å². The molecule has 0 unspecified atom stereocenters. The van der Waals surface area contributed by atoms with Crippen molar-refractivity contribution in [3.63, 3.8) is 0 Å². The summed E-state index contributed by atoms with van der Waals surface area (Å²) in [5.41, 5.74) is -0.599. The molecule has 1 aromatic carbocycles. The third-order valence-electron chi connectivity index (χ3n) is 2.32. The van der Waals surface area contributed by atoms with E-state index in [0.717, 1.165) is 17.8 Å². The van der Waals surface area contributed by atoms with Gasteiger partial charge in [0.25, 0.3) is 0 Å². The first-order chi connectivity index (χ1) is 8.88. The Labute approximate surface area is 112 Å². The number of carbonyl (C=O) groups excluding carboxylic acids is 1. The van der Waals surface area contributed by atoms with Gasteiger partial charge in [0, 0.05) is 10.6 Å². The number of aliphatic hydroxyl groups excluding tert-OH is 1. The molecule has 1 aromatic rings. The van der Waals surface area contributed by atoms with Gasteiger partial charge in [-0.15, -0.1) is 11.8 Å². The zero-order valence-corrected chi connectivity index (χ0v) is 11.0. The summed E-state index contributed by atoms with van der Waals surface area (Å²) in [6.07, 6.45) is -4.45. The van der Waals surface area contributed by atoms with Crippen LogP contribution in [0.3, 0.4) is 0 Å². The molecule has 0 saturated heterocycles. The van der Waals surface area contributed by atoms with Crippen LogP contribution in [-0.4, -0.2) is 23.9 Å². The Morgan fingerprint density at radius 1 is 1.42 bits per heavy atom. The summed E-state index contributed by atoms with van der Waals surface area (Å²) in [4.78, 5) is 10.9. The molecule has 0 aliphatic heterocycles. The molecule has 19 heavy (non-hydrogen) atoms. The molecule has 0 atom stereocenters. The van der Waals surface area contributed by atoms with Crippen molar-refractivity contribution < 1.29 is 27.8 Å². The minimum atomic E-state index is -4.49. The van der Waals surface area contributed by atoms with Crippen molar-refractivity contribution in [2.24, 2.45) is 0 Å². The van der Waals surface area contributed by atoms with Gasteiger partial charge in [-0.2, -0.15) is 13.2 Å². The molecule has 0 aliphatic rings. The maximum absolute atomic E-state index is 12.8. The average Bonchev–Trinajstić information content (AvgIpc) is 2.37. The van der Waals surface area contributed by atoms with Crippen molar-refractivity contribution in [2.45, 2.75) is 24.1 Å².